The Kier molecular flexibility index (Phi) is 3.22. The number of nitrogens with zero attached hydrogens (tertiary/aromatic N) is 1. The van der Waals surface area contributed by atoms with Crippen LogP contribution < -0.4 is 10.5 Å². The molecule has 19 heavy (non-hydrogen) atoms. The van der Waals surface area contributed by atoms with Crippen molar-refractivity contribution in [3.8, 4) is 5.75 Å². The van der Waals surface area contributed by atoms with E-state index in [1.54, 1.807) is 0 Å². The van der Waals surface area contributed by atoms with Gasteiger partial charge in [-0.2, -0.15) is 0 Å². The van der Waals surface area contributed by atoms with Gasteiger partial charge in [-0.25, -0.2) is 0 Å². The maximum absolute atomic E-state index is 6.03. The molecule has 1 heterocycles. The number of rotatable bonds is 3. The Morgan fingerprint density at radius 2 is 2.21 bits per heavy atom. The van der Waals surface area contributed by atoms with E-state index in [9.17, 15) is 0 Å². The van der Waals surface area contributed by atoms with Crippen molar-refractivity contribution in [2.24, 2.45) is 5.73 Å². The summed E-state index contributed by atoms with van der Waals surface area (Å²) in [4.78, 5) is 4.17. The van der Waals surface area contributed by atoms with Crippen molar-refractivity contribution in [1.29, 1.82) is 0 Å². The molecule has 0 spiro atoms. The molecule has 2 aromatic rings. The summed E-state index contributed by atoms with van der Waals surface area (Å²) >= 11 is 0. The Hall–Kier alpha value is -1.87. The minimum absolute atomic E-state index is 0.199. The van der Waals surface area contributed by atoms with Gasteiger partial charge in [-0.05, 0) is 54.7 Å². The smallest absolute Gasteiger partial charge is 0.120 e. The van der Waals surface area contributed by atoms with Crippen molar-refractivity contribution in [2.75, 3.05) is 0 Å². The Morgan fingerprint density at radius 3 is 3.05 bits per heavy atom. The highest BCUT2D eigenvalue weighted by atomic mass is 16.5. The van der Waals surface area contributed by atoms with Crippen molar-refractivity contribution < 1.29 is 4.74 Å². The topological polar surface area (TPSA) is 48.1 Å². The molecule has 3 heteroatoms. The van der Waals surface area contributed by atoms with Gasteiger partial charge in [0.25, 0.3) is 0 Å². The second-order valence-corrected chi connectivity index (χ2v) is 5.17. The normalized spacial score (nSPS) is 17.3. The van der Waals surface area contributed by atoms with Crippen LogP contribution in [0.3, 0.4) is 0 Å². The molecular formula is C16H18N2O. The van der Waals surface area contributed by atoms with Gasteiger partial charge in [0.05, 0.1) is 0 Å². The van der Waals surface area contributed by atoms with Crippen LogP contribution >= 0.6 is 0 Å². The molecule has 0 fully saturated rings. The molecule has 3 nitrogen and oxygen atoms in total. The average molecular weight is 254 g/mol. The first-order valence-corrected chi connectivity index (χ1v) is 6.64. The van der Waals surface area contributed by atoms with E-state index in [4.69, 9.17) is 10.5 Å². The van der Waals surface area contributed by atoms with Crippen LogP contribution in [-0.4, -0.2) is 4.98 Å². The van der Waals surface area contributed by atoms with Crippen LogP contribution in [0.2, 0.25) is 0 Å². The van der Waals surface area contributed by atoms with Crippen molar-refractivity contribution in [3.63, 3.8) is 0 Å². The highest BCUT2D eigenvalue weighted by Crippen LogP contribution is 2.32. The summed E-state index contributed by atoms with van der Waals surface area (Å²) in [6.45, 7) is 2.59. The predicted octanol–water partition coefficient (Wildman–Crippen LogP) is 2.92. The first-order valence-electron chi connectivity index (χ1n) is 6.64. The van der Waals surface area contributed by atoms with E-state index in [-0.39, 0.29) is 6.04 Å². The SMILES string of the molecule is Cc1cncc(COc2ccc3c(c2)CC[C@H]3N)c1. The van der Waals surface area contributed by atoms with Crippen molar-refractivity contribution in [1.82, 2.24) is 4.98 Å². The van der Waals surface area contributed by atoms with Gasteiger partial charge in [-0.15, -0.1) is 0 Å². The van der Waals surface area contributed by atoms with Crippen LogP contribution in [0.25, 0.3) is 0 Å². The molecule has 1 aliphatic rings. The number of fused-ring (bicyclic) bond motifs is 1. The van der Waals surface area contributed by atoms with Crippen LogP contribution in [0, 0.1) is 6.92 Å². The number of aromatic nitrogens is 1. The minimum atomic E-state index is 0.199. The molecule has 0 amide bonds. The molecule has 1 aliphatic carbocycles. The third-order valence-corrected chi connectivity index (χ3v) is 3.58. The summed E-state index contributed by atoms with van der Waals surface area (Å²) in [7, 11) is 0. The van der Waals surface area contributed by atoms with Gasteiger partial charge in [-0.3, -0.25) is 4.98 Å². The summed E-state index contributed by atoms with van der Waals surface area (Å²) in [5, 5.41) is 0. The molecule has 0 bridgehead atoms. The summed E-state index contributed by atoms with van der Waals surface area (Å²) in [5.74, 6) is 0.911. The number of nitrogens with two attached hydrogens (primary N) is 1. The van der Waals surface area contributed by atoms with Gasteiger partial charge in [-0.1, -0.05) is 6.07 Å². The zero-order chi connectivity index (χ0) is 13.2. The number of benzene rings is 1. The van der Waals surface area contributed by atoms with Crippen LogP contribution in [0.15, 0.2) is 36.7 Å². The molecule has 1 aromatic carbocycles. The van der Waals surface area contributed by atoms with Crippen molar-refractivity contribution >= 4 is 0 Å². The molecule has 1 aromatic heterocycles. The lowest BCUT2D eigenvalue weighted by molar-refractivity contribution is 0.305. The lowest BCUT2D eigenvalue weighted by atomic mass is 10.1. The Labute approximate surface area is 113 Å². The molecule has 2 N–H and O–H groups in total. The summed E-state index contributed by atoms with van der Waals surface area (Å²) in [6, 6.07) is 8.51. The third-order valence-electron chi connectivity index (χ3n) is 3.58. The monoisotopic (exact) mass is 254 g/mol. The molecule has 0 radical (unpaired) electrons. The number of pyridine rings is 1. The van der Waals surface area contributed by atoms with Crippen LogP contribution in [0.5, 0.6) is 5.75 Å². The summed E-state index contributed by atoms with van der Waals surface area (Å²) in [5.41, 5.74) is 10.9. The van der Waals surface area contributed by atoms with Crippen LogP contribution in [0.4, 0.5) is 0 Å². The van der Waals surface area contributed by atoms with Gasteiger partial charge in [0, 0.05) is 24.0 Å². The highest BCUT2D eigenvalue weighted by molar-refractivity contribution is 5.40. The van der Waals surface area contributed by atoms with E-state index in [1.807, 2.05) is 25.4 Å². The van der Waals surface area contributed by atoms with E-state index in [0.29, 0.717) is 6.61 Å². The van der Waals surface area contributed by atoms with E-state index in [2.05, 4.69) is 23.2 Å². The predicted molar refractivity (Wildman–Crippen MR) is 75.0 cm³/mol. The molecule has 0 saturated heterocycles. The summed E-state index contributed by atoms with van der Waals surface area (Å²) < 4.78 is 5.83. The average Bonchev–Trinajstić information content (AvgIpc) is 2.78. The number of hydrogen-bond acceptors (Lipinski definition) is 3. The lowest BCUT2D eigenvalue weighted by Crippen LogP contribution is -2.05. The van der Waals surface area contributed by atoms with Gasteiger partial charge < -0.3 is 10.5 Å². The fourth-order valence-corrected chi connectivity index (χ4v) is 2.58. The molecule has 3 rings (SSSR count). The van der Waals surface area contributed by atoms with E-state index in [1.165, 1.54) is 11.1 Å². The minimum Gasteiger partial charge on any atom is -0.489 e. The number of aryl methyl sites for hydroxylation is 2. The molecule has 0 unspecified atom stereocenters. The molecule has 0 saturated carbocycles. The lowest BCUT2D eigenvalue weighted by Gasteiger charge is -2.09. The first kappa shape index (κ1) is 12.2. The number of ether oxygens (including phenoxy) is 1. The van der Waals surface area contributed by atoms with Gasteiger partial charge in [0.2, 0.25) is 0 Å². The van der Waals surface area contributed by atoms with Gasteiger partial charge >= 0.3 is 0 Å². The fraction of sp³-hybridized carbons (Fsp3) is 0.312. The van der Waals surface area contributed by atoms with Crippen LogP contribution in [-0.2, 0) is 13.0 Å². The zero-order valence-corrected chi connectivity index (χ0v) is 11.1. The molecule has 0 aliphatic heterocycles. The van der Waals surface area contributed by atoms with Crippen LogP contribution in [0.1, 0.15) is 34.7 Å². The largest absolute Gasteiger partial charge is 0.489 e. The first-order chi connectivity index (χ1) is 9.22. The quantitative estimate of drug-likeness (QED) is 0.916. The molecule has 1 atom stereocenters. The van der Waals surface area contributed by atoms with E-state index >= 15 is 0 Å². The van der Waals surface area contributed by atoms with Gasteiger partial charge in [0.15, 0.2) is 0 Å². The maximum atomic E-state index is 6.03. The Balaban J connectivity index is 1.71. The third kappa shape index (κ3) is 2.61. The van der Waals surface area contributed by atoms with E-state index < -0.39 is 0 Å². The Bertz CT molecular complexity index is 595. The summed E-state index contributed by atoms with van der Waals surface area (Å²) in [6.07, 6.45) is 5.79. The second-order valence-electron chi connectivity index (χ2n) is 5.17. The fourth-order valence-electron chi connectivity index (χ4n) is 2.58. The number of hydrogen-bond donors (Lipinski definition) is 1. The van der Waals surface area contributed by atoms with E-state index in [0.717, 1.165) is 29.7 Å². The van der Waals surface area contributed by atoms with Gasteiger partial charge in [0.1, 0.15) is 12.4 Å². The zero-order valence-electron chi connectivity index (χ0n) is 11.1. The standard InChI is InChI=1S/C16H18N2O/c1-11-6-12(9-18-8-11)10-19-14-3-4-15-13(7-14)2-5-16(15)17/h3-4,6-9,16H,2,5,10,17H2,1H3/t16-/m1/s1. The molecular weight excluding hydrogens is 236 g/mol. The molecule has 98 valence electrons. The second kappa shape index (κ2) is 5.02. The van der Waals surface area contributed by atoms with Crippen molar-refractivity contribution in [3.05, 3.63) is 58.9 Å². The maximum Gasteiger partial charge on any atom is 0.120 e. The van der Waals surface area contributed by atoms with Crippen molar-refractivity contribution in [2.45, 2.75) is 32.4 Å². The Morgan fingerprint density at radius 1 is 1.32 bits per heavy atom. The highest BCUT2D eigenvalue weighted by Gasteiger charge is 2.18.